The molecule has 0 bridgehead atoms. The van der Waals surface area contributed by atoms with Crippen molar-refractivity contribution in [2.24, 2.45) is 5.73 Å². The summed E-state index contributed by atoms with van der Waals surface area (Å²) in [5.74, 6) is 0. The van der Waals surface area contributed by atoms with Crippen molar-refractivity contribution in [3.05, 3.63) is 30.1 Å². The van der Waals surface area contributed by atoms with Crippen molar-refractivity contribution in [1.82, 2.24) is 14.8 Å². The first-order valence-corrected chi connectivity index (χ1v) is 3.41. The third-order valence-electron chi connectivity index (χ3n) is 1.59. The molecule has 0 spiro atoms. The van der Waals surface area contributed by atoms with Crippen LogP contribution in [0.15, 0.2) is 24.4 Å². The number of nitrogens with two attached hydrogens (primary N) is 1. The summed E-state index contributed by atoms with van der Waals surface area (Å²) in [6.07, 6.45) is 1.85. The van der Waals surface area contributed by atoms with E-state index in [2.05, 4.69) is 10.3 Å². The van der Waals surface area contributed by atoms with Gasteiger partial charge in [-0.3, -0.25) is 0 Å². The Labute approximate surface area is 63.6 Å². The van der Waals surface area contributed by atoms with Crippen LogP contribution in [-0.2, 0) is 6.54 Å². The molecule has 0 aliphatic carbocycles. The summed E-state index contributed by atoms with van der Waals surface area (Å²) in [5.41, 5.74) is 7.26. The first kappa shape index (κ1) is 6.30. The summed E-state index contributed by atoms with van der Waals surface area (Å²) in [6, 6.07) is 5.79. The Morgan fingerprint density at radius 3 is 3.18 bits per heavy atom. The maximum atomic E-state index is 5.44. The number of nitrogens with zero attached hydrogens (tertiary/aromatic N) is 3. The highest BCUT2D eigenvalue weighted by atomic mass is 15.4. The lowest BCUT2D eigenvalue weighted by molar-refractivity contribution is 0.837. The molecular formula is C7H8N4. The lowest BCUT2D eigenvalue weighted by atomic mass is 10.3. The van der Waals surface area contributed by atoms with Crippen LogP contribution in [0.1, 0.15) is 5.69 Å². The first-order chi connectivity index (χ1) is 5.42. The smallest absolute Gasteiger partial charge is 0.104 e. The van der Waals surface area contributed by atoms with Gasteiger partial charge in [0.2, 0.25) is 0 Å². The van der Waals surface area contributed by atoms with Gasteiger partial charge in [-0.2, -0.15) is 0 Å². The van der Waals surface area contributed by atoms with Gasteiger partial charge in [0.05, 0.1) is 5.52 Å². The second-order valence-corrected chi connectivity index (χ2v) is 2.27. The van der Waals surface area contributed by atoms with Crippen molar-refractivity contribution in [3.8, 4) is 0 Å². The summed E-state index contributed by atoms with van der Waals surface area (Å²) in [6.45, 7) is 0.438. The minimum atomic E-state index is 0.438. The molecule has 2 heterocycles. The van der Waals surface area contributed by atoms with Crippen LogP contribution >= 0.6 is 0 Å². The summed E-state index contributed by atoms with van der Waals surface area (Å²) >= 11 is 0. The zero-order valence-corrected chi connectivity index (χ0v) is 5.94. The van der Waals surface area contributed by atoms with Crippen LogP contribution in [-0.4, -0.2) is 14.8 Å². The van der Waals surface area contributed by atoms with Gasteiger partial charge in [0.1, 0.15) is 5.69 Å². The van der Waals surface area contributed by atoms with E-state index >= 15 is 0 Å². The average molecular weight is 148 g/mol. The molecule has 11 heavy (non-hydrogen) atoms. The Bertz CT molecular complexity index is 365. The average Bonchev–Trinajstić information content (AvgIpc) is 2.47. The van der Waals surface area contributed by atoms with Gasteiger partial charge >= 0.3 is 0 Å². The van der Waals surface area contributed by atoms with Crippen molar-refractivity contribution in [3.63, 3.8) is 0 Å². The summed E-state index contributed by atoms with van der Waals surface area (Å²) in [7, 11) is 0. The molecule has 0 aliphatic rings. The molecule has 2 rings (SSSR count). The third-order valence-corrected chi connectivity index (χ3v) is 1.59. The third kappa shape index (κ3) is 0.877. The van der Waals surface area contributed by atoms with Crippen molar-refractivity contribution in [2.75, 3.05) is 0 Å². The monoisotopic (exact) mass is 148 g/mol. The molecule has 0 aliphatic heterocycles. The standard InChI is InChI=1S/C7H8N4/c8-5-6-7-3-1-2-4-11(7)10-9-6/h1-4H,5,8H2. The molecule has 0 fully saturated rings. The topological polar surface area (TPSA) is 56.2 Å². The van der Waals surface area contributed by atoms with Gasteiger partial charge < -0.3 is 5.73 Å². The van der Waals surface area contributed by atoms with E-state index in [-0.39, 0.29) is 0 Å². The zero-order chi connectivity index (χ0) is 7.68. The van der Waals surface area contributed by atoms with E-state index < -0.39 is 0 Å². The number of aromatic nitrogens is 3. The molecule has 2 aromatic rings. The highest BCUT2D eigenvalue weighted by molar-refractivity contribution is 5.49. The maximum Gasteiger partial charge on any atom is 0.104 e. The zero-order valence-electron chi connectivity index (χ0n) is 5.94. The van der Waals surface area contributed by atoms with E-state index in [1.165, 1.54) is 0 Å². The first-order valence-electron chi connectivity index (χ1n) is 3.41. The van der Waals surface area contributed by atoms with Crippen molar-refractivity contribution < 1.29 is 0 Å². The Morgan fingerprint density at radius 2 is 2.36 bits per heavy atom. The fraction of sp³-hybridized carbons (Fsp3) is 0.143. The SMILES string of the molecule is NCc1nnn2ccccc12. The molecule has 0 aromatic carbocycles. The van der Waals surface area contributed by atoms with Gasteiger partial charge in [0.15, 0.2) is 0 Å². The van der Waals surface area contributed by atoms with Crippen LogP contribution in [0.4, 0.5) is 0 Å². The Hall–Kier alpha value is -1.42. The fourth-order valence-corrected chi connectivity index (χ4v) is 1.04. The summed E-state index contributed by atoms with van der Waals surface area (Å²) in [4.78, 5) is 0. The van der Waals surface area contributed by atoms with Crippen LogP contribution in [0, 0.1) is 0 Å². The normalized spacial score (nSPS) is 10.6. The molecule has 2 N–H and O–H groups in total. The highest BCUT2D eigenvalue weighted by Crippen LogP contribution is 2.04. The summed E-state index contributed by atoms with van der Waals surface area (Å²) < 4.78 is 1.71. The largest absolute Gasteiger partial charge is 0.325 e. The van der Waals surface area contributed by atoms with Gasteiger partial charge in [0, 0.05) is 12.7 Å². The number of hydrogen-bond donors (Lipinski definition) is 1. The molecule has 0 saturated carbocycles. The lowest BCUT2D eigenvalue weighted by Gasteiger charge is -1.89. The molecule has 56 valence electrons. The minimum Gasteiger partial charge on any atom is -0.325 e. The quantitative estimate of drug-likeness (QED) is 0.628. The molecule has 0 radical (unpaired) electrons. The van der Waals surface area contributed by atoms with Crippen molar-refractivity contribution >= 4 is 5.52 Å². The van der Waals surface area contributed by atoms with Gasteiger partial charge in [-0.05, 0) is 12.1 Å². The molecule has 0 atom stereocenters. The maximum absolute atomic E-state index is 5.44. The Kier molecular flexibility index (Phi) is 1.33. The van der Waals surface area contributed by atoms with Crippen molar-refractivity contribution in [2.45, 2.75) is 6.54 Å². The predicted molar refractivity (Wildman–Crippen MR) is 40.9 cm³/mol. The number of hydrogen-bond acceptors (Lipinski definition) is 3. The van der Waals surface area contributed by atoms with Gasteiger partial charge in [-0.15, -0.1) is 5.10 Å². The van der Waals surface area contributed by atoms with E-state index in [4.69, 9.17) is 5.73 Å². The number of fused-ring (bicyclic) bond motifs is 1. The Morgan fingerprint density at radius 1 is 1.45 bits per heavy atom. The van der Waals surface area contributed by atoms with E-state index in [0.717, 1.165) is 11.2 Å². The highest BCUT2D eigenvalue weighted by Gasteiger charge is 2.00. The molecule has 0 amide bonds. The Balaban J connectivity index is 2.76. The second-order valence-electron chi connectivity index (χ2n) is 2.27. The molecule has 0 unspecified atom stereocenters. The van der Waals surface area contributed by atoms with Crippen LogP contribution in [0.5, 0.6) is 0 Å². The number of rotatable bonds is 1. The van der Waals surface area contributed by atoms with E-state index in [0.29, 0.717) is 6.54 Å². The molecule has 2 aromatic heterocycles. The summed E-state index contributed by atoms with van der Waals surface area (Å²) in [5, 5.41) is 7.78. The molecule has 0 saturated heterocycles. The second kappa shape index (κ2) is 2.32. The van der Waals surface area contributed by atoms with Gasteiger partial charge in [-0.1, -0.05) is 11.3 Å². The molecular weight excluding hydrogens is 140 g/mol. The number of pyridine rings is 1. The van der Waals surface area contributed by atoms with Crippen LogP contribution in [0.3, 0.4) is 0 Å². The fourth-order valence-electron chi connectivity index (χ4n) is 1.04. The molecule has 4 heteroatoms. The van der Waals surface area contributed by atoms with E-state index in [9.17, 15) is 0 Å². The van der Waals surface area contributed by atoms with Crippen LogP contribution in [0.2, 0.25) is 0 Å². The van der Waals surface area contributed by atoms with Gasteiger partial charge in [-0.25, -0.2) is 4.52 Å². The van der Waals surface area contributed by atoms with Crippen LogP contribution < -0.4 is 5.73 Å². The van der Waals surface area contributed by atoms with Gasteiger partial charge in [0.25, 0.3) is 0 Å². The van der Waals surface area contributed by atoms with E-state index in [1.54, 1.807) is 4.52 Å². The van der Waals surface area contributed by atoms with E-state index in [1.807, 2.05) is 24.4 Å². The lowest BCUT2D eigenvalue weighted by Crippen LogP contribution is -1.96. The molecule has 4 nitrogen and oxygen atoms in total. The van der Waals surface area contributed by atoms with Crippen LogP contribution in [0.25, 0.3) is 5.52 Å². The predicted octanol–water partition coefficient (Wildman–Crippen LogP) is 0.188. The van der Waals surface area contributed by atoms with Crippen molar-refractivity contribution in [1.29, 1.82) is 0 Å². The minimum absolute atomic E-state index is 0.438.